The van der Waals surface area contributed by atoms with Crippen molar-refractivity contribution in [2.45, 2.75) is 56.9 Å². The van der Waals surface area contributed by atoms with Gasteiger partial charge in [-0.05, 0) is 86.5 Å². The van der Waals surface area contributed by atoms with E-state index in [0.717, 1.165) is 42.7 Å². The largest absolute Gasteiger partial charge is 0.352 e. The third-order valence-electron chi connectivity index (χ3n) is 8.17. The van der Waals surface area contributed by atoms with Crippen LogP contribution >= 0.6 is 0 Å². The van der Waals surface area contributed by atoms with Gasteiger partial charge in [-0.2, -0.15) is 0 Å². The summed E-state index contributed by atoms with van der Waals surface area (Å²) >= 11 is 0. The molecule has 0 unspecified atom stereocenters. The van der Waals surface area contributed by atoms with Gasteiger partial charge in [-0.1, -0.05) is 49.7 Å². The second-order valence-electron chi connectivity index (χ2n) is 11.8. The molecule has 2 heterocycles. The molecular formula is C33H39N3O4S. The van der Waals surface area contributed by atoms with Gasteiger partial charge in [0.1, 0.15) is 0 Å². The molecule has 216 valence electrons. The van der Waals surface area contributed by atoms with Crippen LogP contribution in [0.5, 0.6) is 0 Å². The Morgan fingerprint density at radius 1 is 0.951 bits per heavy atom. The molecule has 0 bridgehead atoms. The van der Waals surface area contributed by atoms with E-state index in [1.165, 1.54) is 29.5 Å². The van der Waals surface area contributed by atoms with Crippen LogP contribution in [-0.2, 0) is 16.4 Å². The number of amides is 2. The summed E-state index contributed by atoms with van der Waals surface area (Å²) in [6, 6.07) is 16.9. The number of likely N-dealkylation sites (tertiary alicyclic amines) is 1. The molecule has 5 rings (SSSR count). The van der Waals surface area contributed by atoms with Crippen molar-refractivity contribution >= 4 is 27.3 Å². The van der Waals surface area contributed by atoms with Gasteiger partial charge in [-0.25, -0.2) is 8.42 Å². The summed E-state index contributed by atoms with van der Waals surface area (Å²) in [7, 11) is -4.00. The number of benzene rings is 3. The molecule has 1 saturated heterocycles. The number of nitrogens with zero attached hydrogens (tertiary/aromatic N) is 2. The highest BCUT2D eigenvalue weighted by molar-refractivity contribution is 7.91. The van der Waals surface area contributed by atoms with Crippen LogP contribution in [0.1, 0.15) is 64.1 Å². The lowest BCUT2D eigenvalue weighted by Gasteiger charge is -2.34. The minimum Gasteiger partial charge on any atom is -0.352 e. The van der Waals surface area contributed by atoms with E-state index < -0.39 is 15.7 Å². The van der Waals surface area contributed by atoms with Crippen LogP contribution < -0.4 is 10.2 Å². The zero-order chi connectivity index (χ0) is 29.3. The first kappa shape index (κ1) is 29.0. The summed E-state index contributed by atoms with van der Waals surface area (Å²) in [5.41, 5.74) is 3.62. The molecule has 1 fully saturated rings. The summed E-state index contributed by atoms with van der Waals surface area (Å²) < 4.78 is 27.6. The van der Waals surface area contributed by atoms with Crippen molar-refractivity contribution in [1.82, 2.24) is 10.2 Å². The number of piperidine rings is 1. The Bertz CT molecular complexity index is 1570. The van der Waals surface area contributed by atoms with Crippen molar-refractivity contribution in [2.75, 3.05) is 31.1 Å². The van der Waals surface area contributed by atoms with Gasteiger partial charge in [-0.15, -0.1) is 0 Å². The summed E-state index contributed by atoms with van der Waals surface area (Å²) in [6.07, 6.45) is 2.09. The molecular weight excluding hydrogens is 534 g/mol. The summed E-state index contributed by atoms with van der Waals surface area (Å²) in [5, 5.41) is 3.00. The highest BCUT2D eigenvalue weighted by atomic mass is 32.2. The van der Waals surface area contributed by atoms with Crippen molar-refractivity contribution in [1.29, 1.82) is 0 Å². The molecule has 3 aromatic rings. The molecule has 41 heavy (non-hydrogen) atoms. The van der Waals surface area contributed by atoms with E-state index >= 15 is 0 Å². The number of fused-ring (bicyclic) bond motifs is 2. The zero-order valence-electron chi connectivity index (χ0n) is 24.3. The van der Waals surface area contributed by atoms with E-state index in [4.69, 9.17) is 0 Å². The second-order valence-corrected chi connectivity index (χ2v) is 13.7. The van der Waals surface area contributed by atoms with E-state index in [9.17, 15) is 18.0 Å². The predicted molar refractivity (Wildman–Crippen MR) is 161 cm³/mol. The topological polar surface area (TPSA) is 86.8 Å². The average molecular weight is 574 g/mol. The van der Waals surface area contributed by atoms with E-state index in [1.807, 2.05) is 32.0 Å². The molecule has 0 aliphatic carbocycles. The average Bonchev–Trinajstić information content (AvgIpc) is 3.00. The van der Waals surface area contributed by atoms with Crippen molar-refractivity contribution in [3.05, 3.63) is 88.5 Å². The highest BCUT2D eigenvalue weighted by Crippen LogP contribution is 2.38. The number of sulfone groups is 1. The number of carbonyl (C=O) groups excluding carboxylic acids is 2. The standard InChI is InChI=1S/C33H39N3O4S/c1-22-10-11-25(4)27(17-22)21-36-29-18-26(32(37)34-14-7-15-35-19-23(2)16-24(3)20-35)12-13-31(29)41(39,40)30-9-6-5-8-28(30)33(36)38/h5-6,8-13,17-18,23-24H,7,14-16,19-21H2,1-4H3,(H,34,37)/t23-,24-/m1/s1. The van der Waals surface area contributed by atoms with Crippen LogP contribution in [0.15, 0.2) is 70.5 Å². The van der Waals surface area contributed by atoms with Gasteiger partial charge in [-0.3, -0.25) is 9.59 Å². The van der Waals surface area contributed by atoms with Crippen molar-refractivity contribution < 1.29 is 18.0 Å². The first-order valence-electron chi connectivity index (χ1n) is 14.4. The fraction of sp³-hybridized carbons (Fsp3) is 0.394. The number of hydrogen-bond acceptors (Lipinski definition) is 5. The maximum Gasteiger partial charge on any atom is 0.259 e. The van der Waals surface area contributed by atoms with Crippen LogP contribution in [0, 0.1) is 25.7 Å². The van der Waals surface area contributed by atoms with Crippen LogP contribution in [0.2, 0.25) is 0 Å². The van der Waals surface area contributed by atoms with Crippen LogP contribution in [0.3, 0.4) is 0 Å². The van der Waals surface area contributed by atoms with E-state index in [1.54, 1.807) is 24.3 Å². The van der Waals surface area contributed by atoms with Crippen molar-refractivity contribution in [2.24, 2.45) is 11.8 Å². The van der Waals surface area contributed by atoms with Crippen LogP contribution in [0.4, 0.5) is 5.69 Å². The molecule has 2 atom stereocenters. The lowest BCUT2D eigenvalue weighted by molar-refractivity contribution is 0.0944. The van der Waals surface area contributed by atoms with Crippen LogP contribution in [-0.4, -0.2) is 51.3 Å². The van der Waals surface area contributed by atoms with E-state index in [-0.39, 0.29) is 33.5 Å². The van der Waals surface area contributed by atoms with E-state index in [2.05, 4.69) is 24.1 Å². The fourth-order valence-corrected chi connectivity index (χ4v) is 7.86. The summed E-state index contributed by atoms with van der Waals surface area (Å²) in [5.74, 6) is 0.673. The molecule has 2 amide bonds. The number of carbonyl (C=O) groups is 2. The van der Waals surface area contributed by atoms with Gasteiger partial charge >= 0.3 is 0 Å². The molecule has 0 radical (unpaired) electrons. The fourth-order valence-electron chi connectivity index (χ4n) is 6.23. The van der Waals surface area contributed by atoms with Crippen molar-refractivity contribution in [3.8, 4) is 0 Å². The Morgan fingerprint density at radius 2 is 1.68 bits per heavy atom. The number of rotatable bonds is 7. The minimum atomic E-state index is -4.00. The van der Waals surface area contributed by atoms with E-state index in [0.29, 0.717) is 23.9 Å². The Labute approximate surface area is 243 Å². The molecule has 2 aliphatic rings. The van der Waals surface area contributed by atoms with Gasteiger partial charge in [0.25, 0.3) is 11.8 Å². The number of anilines is 1. The second kappa shape index (κ2) is 11.8. The summed E-state index contributed by atoms with van der Waals surface area (Å²) in [6.45, 7) is 12.3. The molecule has 8 heteroatoms. The highest BCUT2D eigenvalue weighted by Gasteiger charge is 2.36. The molecule has 7 nitrogen and oxygen atoms in total. The minimum absolute atomic E-state index is 0.0194. The Kier molecular flexibility index (Phi) is 8.34. The molecule has 1 N–H and O–H groups in total. The normalized spacial score (nSPS) is 20.2. The van der Waals surface area contributed by atoms with Gasteiger partial charge in [0.15, 0.2) is 0 Å². The van der Waals surface area contributed by atoms with Gasteiger partial charge in [0.2, 0.25) is 9.84 Å². The Morgan fingerprint density at radius 3 is 2.44 bits per heavy atom. The van der Waals surface area contributed by atoms with Crippen molar-refractivity contribution in [3.63, 3.8) is 0 Å². The lowest BCUT2D eigenvalue weighted by atomic mass is 9.92. The Hall–Kier alpha value is -3.49. The SMILES string of the molecule is Cc1ccc(C)c(CN2C(=O)c3ccccc3S(=O)(=O)c3ccc(C(=O)NCCCN4C[C@H](C)C[C@@H](C)C4)cc32)c1. The molecule has 0 aromatic heterocycles. The molecule has 0 spiro atoms. The third-order valence-corrected chi connectivity index (χ3v) is 10.0. The number of aryl methyl sites for hydroxylation is 2. The number of nitrogens with one attached hydrogen (secondary N) is 1. The Balaban J connectivity index is 1.43. The predicted octanol–water partition coefficient (Wildman–Crippen LogP) is 5.39. The monoisotopic (exact) mass is 573 g/mol. The molecule has 0 saturated carbocycles. The quantitative estimate of drug-likeness (QED) is 0.383. The number of hydrogen-bond donors (Lipinski definition) is 1. The van der Waals surface area contributed by atoms with Gasteiger partial charge in [0.05, 0.1) is 27.6 Å². The molecule has 3 aromatic carbocycles. The van der Waals surface area contributed by atoms with Gasteiger partial charge < -0.3 is 15.1 Å². The first-order valence-corrected chi connectivity index (χ1v) is 15.9. The zero-order valence-corrected chi connectivity index (χ0v) is 25.1. The smallest absolute Gasteiger partial charge is 0.259 e. The first-order chi connectivity index (χ1) is 19.5. The lowest BCUT2D eigenvalue weighted by Crippen LogP contribution is -2.40. The maximum absolute atomic E-state index is 13.9. The maximum atomic E-state index is 13.9. The third kappa shape index (κ3) is 6.09. The van der Waals surface area contributed by atoms with Crippen LogP contribution in [0.25, 0.3) is 0 Å². The molecule has 2 aliphatic heterocycles. The van der Waals surface area contributed by atoms with Gasteiger partial charge in [0, 0.05) is 25.2 Å². The summed E-state index contributed by atoms with van der Waals surface area (Å²) in [4.78, 5) is 31.1.